The molecular formula is C14H16N4O. The van der Waals surface area contributed by atoms with Gasteiger partial charge in [0, 0.05) is 30.3 Å². The standard InChI is InChI=1S/C14H16N4O/c1-3-13(19)18-8-9-7-16-17(2)14(9)11-6-10(15)4-5-12(11)18/h4-7H,3,8,15H2,1-2H3. The molecule has 2 N–H and O–H groups in total. The number of hydrogen-bond acceptors (Lipinski definition) is 3. The number of aromatic nitrogens is 2. The predicted molar refractivity (Wildman–Crippen MR) is 74.5 cm³/mol. The second-order valence-electron chi connectivity index (χ2n) is 4.75. The zero-order chi connectivity index (χ0) is 13.6. The van der Waals surface area contributed by atoms with Crippen LogP contribution in [0, 0.1) is 0 Å². The Morgan fingerprint density at radius 2 is 2.26 bits per heavy atom. The van der Waals surface area contributed by atoms with Crippen molar-refractivity contribution in [2.75, 3.05) is 10.6 Å². The van der Waals surface area contributed by atoms with Crippen LogP contribution in [-0.2, 0) is 18.4 Å². The van der Waals surface area contributed by atoms with Gasteiger partial charge >= 0.3 is 0 Å². The molecule has 0 atom stereocenters. The number of aryl methyl sites for hydroxylation is 1. The molecule has 19 heavy (non-hydrogen) atoms. The molecule has 1 aromatic carbocycles. The fourth-order valence-corrected chi connectivity index (χ4v) is 2.59. The van der Waals surface area contributed by atoms with Crippen molar-refractivity contribution in [2.45, 2.75) is 19.9 Å². The van der Waals surface area contributed by atoms with Gasteiger partial charge in [0.15, 0.2) is 0 Å². The molecule has 1 amide bonds. The molecule has 3 rings (SSSR count). The van der Waals surface area contributed by atoms with Gasteiger partial charge in [0.05, 0.1) is 24.1 Å². The quantitative estimate of drug-likeness (QED) is 0.793. The van der Waals surface area contributed by atoms with Gasteiger partial charge in [-0.1, -0.05) is 6.92 Å². The molecule has 1 aromatic heterocycles. The molecule has 2 heterocycles. The summed E-state index contributed by atoms with van der Waals surface area (Å²) in [7, 11) is 1.91. The van der Waals surface area contributed by atoms with E-state index in [0.29, 0.717) is 18.7 Å². The molecule has 1 aliphatic heterocycles. The number of nitrogen functional groups attached to an aromatic ring is 1. The van der Waals surface area contributed by atoms with Gasteiger partial charge in [-0.3, -0.25) is 9.48 Å². The summed E-state index contributed by atoms with van der Waals surface area (Å²) < 4.78 is 1.83. The number of carbonyl (C=O) groups is 1. The second kappa shape index (κ2) is 4.12. The number of fused-ring (bicyclic) bond motifs is 3. The molecule has 1 aliphatic rings. The Morgan fingerprint density at radius 3 is 3.00 bits per heavy atom. The van der Waals surface area contributed by atoms with Crippen molar-refractivity contribution in [1.82, 2.24) is 9.78 Å². The maximum Gasteiger partial charge on any atom is 0.227 e. The minimum Gasteiger partial charge on any atom is -0.399 e. The zero-order valence-corrected chi connectivity index (χ0v) is 11.1. The summed E-state index contributed by atoms with van der Waals surface area (Å²) >= 11 is 0. The van der Waals surface area contributed by atoms with Crippen molar-refractivity contribution in [1.29, 1.82) is 0 Å². The molecule has 5 heteroatoms. The Labute approximate surface area is 111 Å². The van der Waals surface area contributed by atoms with Crippen molar-refractivity contribution >= 4 is 17.3 Å². The Bertz CT molecular complexity index is 659. The van der Waals surface area contributed by atoms with E-state index in [4.69, 9.17) is 5.73 Å². The van der Waals surface area contributed by atoms with Crippen LogP contribution in [0.2, 0.25) is 0 Å². The third-order valence-corrected chi connectivity index (χ3v) is 3.51. The Morgan fingerprint density at radius 1 is 1.47 bits per heavy atom. The van der Waals surface area contributed by atoms with Crippen molar-refractivity contribution in [3.63, 3.8) is 0 Å². The summed E-state index contributed by atoms with van der Waals surface area (Å²) in [6, 6.07) is 5.65. The highest BCUT2D eigenvalue weighted by molar-refractivity contribution is 6.00. The minimum atomic E-state index is 0.112. The van der Waals surface area contributed by atoms with Gasteiger partial charge in [0.25, 0.3) is 0 Å². The maximum absolute atomic E-state index is 12.1. The van der Waals surface area contributed by atoms with Crippen LogP contribution in [-0.4, -0.2) is 15.7 Å². The van der Waals surface area contributed by atoms with Crippen LogP contribution in [0.15, 0.2) is 24.4 Å². The predicted octanol–water partition coefficient (Wildman–Crippen LogP) is 1.93. The number of rotatable bonds is 1. The van der Waals surface area contributed by atoms with Gasteiger partial charge in [-0.25, -0.2) is 0 Å². The average Bonchev–Trinajstić information content (AvgIpc) is 2.78. The van der Waals surface area contributed by atoms with Crippen LogP contribution >= 0.6 is 0 Å². The number of amides is 1. The largest absolute Gasteiger partial charge is 0.399 e. The summed E-state index contributed by atoms with van der Waals surface area (Å²) in [5, 5.41) is 4.28. The van der Waals surface area contributed by atoms with Crippen molar-refractivity contribution in [3.8, 4) is 11.3 Å². The fraction of sp³-hybridized carbons (Fsp3) is 0.286. The lowest BCUT2D eigenvalue weighted by Crippen LogP contribution is -2.32. The summed E-state index contributed by atoms with van der Waals surface area (Å²) in [6.45, 7) is 2.45. The van der Waals surface area contributed by atoms with Crippen LogP contribution in [0.25, 0.3) is 11.3 Å². The van der Waals surface area contributed by atoms with E-state index < -0.39 is 0 Å². The number of carbonyl (C=O) groups excluding carboxylic acids is 1. The first-order valence-electron chi connectivity index (χ1n) is 6.33. The SMILES string of the molecule is CCC(=O)N1Cc2cnn(C)c2-c2cc(N)ccc21. The summed E-state index contributed by atoms with van der Waals surface area (Å²) in [5.41, 5.74) is 10.6. The molecule has 0 spiro atoms. The summed E-state index contributed by atoms with van der Waals surface area (Å²) in [6.07, 6.45) is 2.30. The zero-order valence-electron chi connectivity index (χ0n) is 11.1. The molecule has 98 valence electrons. The van der Waals surface area contributed by atoms with Gasteiger partial charge in [0.2, 0.25) is 5.91 Å². The van der Waals surface area contributed by atoms with E-state index in [1.165, 1.54) is 0 Å². The van der Waals surface area contributed by atoms with Crippen molar-refractivity contribution < 1.29 is 4.79 Å². The third-order valence-electron chi connectivity index (χ3n) is 3.51. The van der Waals surface area contributed by atoms with Crippen LogP contribution in [0.4, 0.5) is 11.4 Å². The number of hydrogen-bond donors (Lipinski definition) is 1. The molecule has 0 fully saturated rings. The lowest BCUT2D eigenvalue weighted by molar-refractivity contribution is -0.118. The van der Waals surface area contributed by atoms with E-state index in [9.17, 15) is 4.79 Å². The van der Waals surface area contributed by atoms with Crippen LogP contribution in [0.1, 0.15) is 18.9 Å². The van der Waals surface area contributed by atoms with Gasteiger partial charge in [0.1, 0.15) is 0 Å². The molecule has 2 aromatic rings. The average molecular weight is 256 g/mol. The molecule has 0 bridgehead atoms. The highest BCUT2D eigenvalue weighted by Crippen LogP contribution is 2.40. The van der Waals surface area contributed by atoms with Crippen LogP contribution in [0.5, 0.6) is 0 Å². The molecule has 0 aliphatic carbocycles. The Hall–Kier alpha value is -2.30. The molecule has 5 nitrogen and oxygen atoms in total. The lowest BCUT2D eigenvalue weighted by Gasteiger charge is -2.29. The van der Waals surface area contributed by atoms with Gasteiger partial charge < -0.3 is 10.6 Å². The highest BCUT2D eigenvalue weighted by Gasteiger charge is 2.28. The minimum absolute atomic E-state index is 0.112. The highest BCUT2D eigenvalue weighted by atomic mass is 16.2. The number of benzene rings is 1. The van der Waals surface area contributed by atoms with Gasteiger partial charge in [-0.15, -0.1) is 0 Å². The molecular weight excluding hydrogens is 240 g/mol. The summed E-state index contributed by atoms with van der Waals surface area (Å²) in [4.78, 5) is 13.9. The fourth-order valence-electron chi connectivity index (χ4n) is 2.59. The smallest absolute Gasteiger partial charge is 0.227 e. The molecule has 0 saturated heterocycles. The normalized spacial score (nSPS) is 13.1. The topological polar surface area (TPSA) is 64.2 Å². The number of nitrogens with zero attached hydrogens (tertiary/aromatic N) is 3. The van der Waals surface area contributed by atoms with E-state index in [1.54, 1.807) is 4.90 Å². The first kappa shape index (κ1) is 11.8. The molecule has 0 saturated carbocycles. The van der Waals surface area contributed by atoms with Crippen LogP contribution in [0.3, 0.4) is 0 Å². The molecule has 0 unspecified atom stereocenters. The summed E-state index contributed by atoms with van der Waals surface area (Å²) in [5.74, 6) is 0.112. The van der Waals surface area contributed by atoms with Gasteiger partial charge in [-0.2, -0.15) is 5.10 Å². The number of anilines is 2. The van der Waals surface area contributed by atoms with E-state index in [2.05, 4.69) is 5.10 Å². The Balaban J connectivity index is 2.24. The van der Waals surface area contributed by atoms with Crippen LogP contribution < -0.4 is 10.6 Å². The first-order chi connectivity index (χ1) is 9.11. The number of nitrogens with two attached hydrogens (primary N) is 1. The second-order valence-corrected chi connectivity index (χ2v) is 4.75. The van der Waals surface area contributed by atoms with E-state index in [1.807, 2.05) is 43.0 Å². The Kier molecular flexibility index (Phi) is 2.55. The van der Waals surface area contributed by atoms with Crippen molar-refractivity contribution in [2.24, 2.45) is 7.05 Å². The van der Waals surface area contributed by atoms with Gasteiger partial charge in [-0.05, 0) is 18.2 Å². The molecule has 0 radical (unpaired) electrons. The third kappa shape index (κ3) is 1.69. The monoisotopic (exact) mass is 256 g/mol. The maximum atomic E-state index is 12.1. The van der Waals surface area contributed by atoms with E-state index >= 15 is 0 Å². The van der Waals surface area contributed by atoms with Crippen molar-refractivity contribution in [3.05, 3.63) is 30.0 Å². The first-order valence-corrected chi connectivity index (χ1v) is 6.33. The van der Waals surface area contributed by atoms with E-state index in [-0.39, 0.29) is 5.91 Å². The lowest BCUT2D eigenvalue weighted by atomic mass is 9.99. The van der Waals surface area contributed by atoms with E-state index in [0.717, 1.165) is 22.5 Å².